The molecule has 0 amide bonds. The van der Waals surface area contributed by atoms with Crippen LogP contribution in [0.25, 0.3) is 0 Å². The van der Waals surface area contributed by atoms with E-state index in [9.17, 15) is 0 Å². The molecule has 6 heteroatoms. The molecule has 1 unspecified atom stereocenters. The molecular weight excluding hydrogens is 329 g/mol. The van der Waals surface area contributed by atoms with Crippen LogP contribution in [0.1, 0.15) is 11.6 Å². The maximum Gasteiger partial charge on any atom is 0.196 e. The fourth-order valence-corrected chi connectivity index (χ4v) is 3.24. The van der Waals surface area contributed by atoms with Crippen LogP contribution < -0.4 is 10.6 Å². The van der Waals surface area contributed by atoms with Crippen molar-refractivity contribution >= 4 is 46.4 Å². The van der Waals surface area contributed by atoms with Crippen molar-refractivity contribution in [3.8, 4) is 0 Å². The van der Waals surface area contributed by atoms with E-state index in [1.165, 1.54) is 0 Å². The van der Waals surface area contributed by atoms with Gasteiger partial charge in [0.15, 0.2) is 5.96 Å². The zero-order valence-corrected chi connectivity index (χ0v) is 13.2. The molecule has 3 rings (SSSR count). The molecule has 0 radical (unpaired) electrons. The maximum absolute atomic E-state index is 6.31. The van der Waals surface area contributed by atoms with Crippen LogP contribution in [0.4, 0.5) is 5.69 Å². The first-order chi connectivity index (χ1) is 10.1. The highest BCUT2D eigenvalue weighted by Gasteiger charge is 2.31. The van der Waals surface area contributed by atoms with E-state index in [0.717, 1.165) is 11.3 Å². The molecule has 1 atom stereocenters. The monoisotopic (exact) mass is 339 g/mol. The Bertz CT molecular complexity index is 678. The van der Waals surface area contributed by atoms with Crippen molar-refractivity contribution in [1.82, 2.24) is 0 Å². The fourth-order valence-electron chi connectivity index (χ4n) is 2.46. The highest BCUT2D eigenvalue weighted by molar-refractivity contribution is 6.36. The Morgan fingerprint density at radius 3 is 2.24 bits per heavy atom. The number of aliphatic imine (C=N–C) groups is 1. The molecular formula is C15H12Cl3N3. The molecule has 1 heterocycles. The molecule has 1 aliphatic rings. The summed E-state index contributed by atoms with van der Waals surface area (Å²) in [7, 11) is 0. The number of benzene rings is 2. The van der Waals surface area contributed by atoms with Crippen molar-refractivity contribution in [3.05, 3.63) is 63.1 Å². The summed E-state index contributed by atoms with van der Waals surface area (Å²) in [6.07, 6.45) is 0. The predicted octanol–water partition coefficient (Wildman–Crippen LogP) is 4.52. The van der Waals surface area contributed by atoms with Crippen molar-refractivity contribution in [2.24, 2.45) is 10.7 Å². The van der Waals surface area contributed by atoms with Crippen molar-refractivity contribution in [3.63, 3.8) is 0 Å². The van der Waals surface area contributed by atoms with Gasteiger partial charge in [-0.3, -0.25) is 4.99 Å². The zero-order valence-electron chi connectivity index (χ0n) is 10.9. The summed E-state index contributed by atoms with van der Waals surface area (Å²) in [5.41, 5.74) is 7.77. The number of nitrogens with two attached hydrogens (primary N) is 1. The summed E-state index contributed by atoms with van der Waals surface area (Å²) in [6, 6.07) is 12.8. The molecule has 2 N–H and O–H groups in total. The average Bonchev–Trinajstić information content (AvgIpc) is 2.82. The minimum Gasteiger partial charge on any atom is -0.369 e. The number of rotatable bonds is 2. The van der Waals surface area contributed by atoms with Gasteiger partial charge >= 0.3 is 0 Å². The third kappa shape index (κ3) is 2.69. The summed E-state index contributed by atoms with van der Waals surface area (Å²) in [5, 5.41) is 1.88. The van der Waals surface area contributed by atoms with Crippen molar-refractivity contribution < 1.29 is 0 Å². The van der Waals surface area contributed by atoms with Crippen LogP contribution in [0.2, 0.25) is 15.1 Å². The fraction of sp³-hybridized carbons (Fsp3) is 0.133. The lowest BCUT2D eigenvalue weighted by Crippen LogP contribution is -2.36. The van der Waals surface area contributed by atoms with E-state index >= 15 is 0 Å². The van der Waals surface area contributed by atoms with Crippen LogP contribution in [0.5, 0.6) is 0 Å². The molecule has 2 aromatic carbocycles. The topological polar surface area (TPSA) is 41.6 Å². The summed E-state index contributed by atoms with van der Waals surface area (Å²) < 4.78 is 0. The normalized spacial score (nSPS) is 18.0. The SMILES string of the molecule is NC1=NCC(c2c(Cl)cccc2Cl)N1c1ccc(Cl)cc1. The van der Waals surface area contributed by atoms with Gasteiger partial charge < -0.3 is 10.6 Å². The number of hydrogen-bond acceptors (Lipinski definition) is 3. The number of hydrogen-bond donors (Lipinski definition) is 1. The summed E-state index contributed by atoms with van der Waals surface area (Å²) >= 11 is 18.6. The molecule has 0 saturated heterocycles. The van der Waals surface area contributed by atoms with Crippen LogP contribution in [-0.4, -0.2) is 12.5 Å². The van der Waals surface area contributed by atoms with Crippen molar-refractivity contribution in [2.45, 2.75) is 6.04 Å². The zero-order chi connectivity index (χ0) is 15.0. The molecule has 108 valence electrons. The lowest BCUT2D eigenvalue weighted by Gasteiger charge is -2.28. The van der Waals surface area contributed by atoms with Gasteiger partial charge in [0.05, 0.1) is 12.6 Å². The summed E-state index contributed by atoms with van der Waals surface area (Å²) in [6.45, 7) is 0.512. The Labute approximate surface area is 137 Å². The van der Waals surface area contributed by atoms with Crippen LogP contribution in [0, 0.1) is 0 Å². The number of guanidine groups is 1. The highest BCUT2D eigenvalue weighted by atomic mass is 35.5. The van der Waals surface area contributed by atoms with Gasteiger partial charge in [-0.15, -0.1) is 0 Å². The number of nitrogens with zero attached hydrogens (tertiary/aromatic N) is 2. The molecule has 0 fully saturated rings. The van der Waals surface area contributed by atoms with Crippen LogP contribution >= 0.6 is 34.8 Å². The van der Waals surface area contributed by atoms with Gasteiger partial charge in [-0.25, -0.2) is 0 Å². The number of halogens is 3. The lowest BCUT2D eigenvalue weighted by molar-refractivity contribution is 0.769. The predicted molar refractivity (Wildman–Crippen MR) is 89.6 cm³/mol. The van der Waals surface area contributed by atoms with E-state index in [4.69, 9.17) is 40.5 Å². The van der Waals surface area contributed by atoms with E-state index in [-0.39, 0.29) is 6.04 Å². The Morgan fingerprint density at radius 2 is 1.62 bits per heavy atom. The molecule has 2 aromatic rings. The molecule has 1 aliphatic heterocycles. The summed E-state index contributed by atoms with van der Waals surface area (Å²) in [4.78, 5) is 6.25. The standard InChI is InChI=1S/C15H12Cl3N3/c16-9-4-6-10(7-5-9)21-13(8-20-15(21)19)14-11(17)2-1-3-12(14)18/h1-7,13H,8H2,(H2,19,20). The first-order valence-electron chi connectivity index (χ1n) is 6.36. The first kappa shape index (κ1) is 14.5. The maximum atomic E-state index is 6.31. The second-order valence-electron chi connectivity index (χ2n) is 4.70. The third-order valence-corrected chi connectivity index (χ3v) is 4.33. The minimum atomic E-state index is -0.118. The van der Waals surface area contributed by atoms with E-state index in [1.807, 2.05) is 47.4 Å². The van der Waals surface area contributed by atoms with Crippen LogP contribution in [-0.2, 0) is 0 Å². The Balaban J connectivity index is 2.05. The molecule has 3 nitrogen and oxygen atoms in total. The molecule has 21 heavy (non-hydrogen) atoms. The average molecular weight is 341 g/mol. The van der Waals surface area contributed by atoms with Gasteiger partial charge in [0.2, 0.25) is 0 Å². The van der Waals surface area contributed by atoms with Gasteiger partial charge in [0.1, 0.15) is 0 Å². The van der Waals surface area contributed by atoms with Gasteiger partial charge in [-0.05, 0) is 36.4 Å². The van der Waals surface area contributed by atoms with Gasteiger partial charge in [0, 0.05) is 26.3 Å². The van der Waals surface area contributed by atoms with E-state index in [0.29, 0.717) is 27.6 Å². The first-order valence-corrected chi connectivity index (χ1v) is 7.50. The van der Waals surface area contributed by atoms with E-state index < -0.39 is 0 Å². The molecule has 0 aromatic heterocycles. The molecule has 0 saturated carbocycles. The van der Waals surface area contributed by atoms with E-state index in [2.05, 4.69) is 4.99 Å². The lowest BCUT2D eigenvalue weighted by atomic mass is 10.1. The largest absolute Gasteiger partial charge is 0.369 e. The second kappa shape index (κ2) is 5.76. The Hall–Kier alpha value is -1.42. The quantitative estimate of drug-likeness (QED) is 0.873. The van der Waals surface area contributed by atoms with Gasteiger partial charge in [0.25, 0.3) is 0 Å². The second-order valence-corrected chi connectivity index (χ2v) is 5.95. The van der Waals surface area contributed by atoms with Gasteiger partial charge in [-0.1, -0.05) is 40.9 Å². The summed E-state index contributed by atoms with van der Waals surface area (Å²) in [5.74, 6) is 0.443. The minimum absolute atomic E-state index is 0.118. The van der Waals surface area contributed by atoms with Crippen LogP contribution in [0.3, 0.4) is 0 Å². The van der Waals surface area contributed by atoms with Crippen molar-refractivity contribution in [2.75, 3.05) is 11.4 Å². The van der Waals surface area contributed by atoms with Crippen molar-refractivity contribution in [1.29, 1.82) is 0 Å². The number of anilines is 1. The smallest absolute Gasteiger partial charge is 0.196 e. The Kier molecular flexibility index (Phi) is 3.98. The molecule has 0 bridgehead atoms. The van der Waals surface area contributed by atoms with Crippen LogP contribution in [0.15, 0.2) is 47.5 Å². The Morgan fingerprint density at radius 1 is 1.00 bits per heavy atom. The highest BCUT2D eigenvalue weighted by Crippen LogP contribution is 2.38. The molecule has 0 spiro atoms. The van der Waals surface area contributed by atoms with E-state index in [1.54, 1.807) is 0 Å². The molecule has 0 aliphatic carbocycles. The van der Waals surface area contributed by atoms with Gasteiger partial charge in [-0.2, -0.15) is 0 Å². The third-order valence-electron chi connectivity index (χ3n) is 3.42.